The number of carbonyl (C=O) groups excluding carboxylic acids is 2. The third kappa shape index (κ3) is 1.99. The van der Waals surface area contributed by atoms with Crippen LogP contribution in [0.5, 0.6) is 0 Å². The van der Waals surface area contributed by atoms with E-state index in [9.17, 15) is 19.8 Å². The van der Waals surface area contributed by atoms with Crippen molar-refractivity contribution in [2.75, 3.05) is 0 Å². The van der Waals surface area contributed by atoms with E-state index in [1.54, 1.807) is 0 Å². The number of hydrogen-bond donors (Lipinski definition) is 2. The topological polar surface area (TPSA) is 83.8 Å². The molecule has 0 spiro atoms. The zero-order valence-corrected chi connectivity index (χ0v) is 17.3. The molecule has 0 radical (unpaired) electrons. The Kier molecular flexibility index (Phi) is 4.04. The second kappa shape index (κ2) is 5.89. The zero-order valence-electron chi connectivity index (χ0n) is 17.3. The molecule has 0 aromatic heterocycles. The number of hydrogen-bond acceptors (Lipinski definition) is 5. The molecule has 4 saturated carbocycles. The van der Waals surface area contributed by atoms with Gasteiger partial charge in [-0.25, -0.2) is 0 Å². The van der Waals surface area contributed by atoms with Crippen LogP contribution in [0.15, 0.2) is 0 Å². The molecule has 4 aliphatic carbocycles. The maximum absolute atomic E-state index is 13.7. The maximum Gasteiger partial charge on any atom is 0.170 e. The van der Waals surface area contributed by atoms with E-state index in [-0.39, 0.29) is 47.1 Å². The van der Waals surface area contributed by atoms with Crippen LogP contribution in [0.3, 0.4) is 0 Å². The molecule has 1 aliphatic heterocycles. The lowest BCUT2D eigenvalue weighted by Crippen LogP contribution is -2.74. The average Bonchev–Trinajstić information content (AvgIpc) is 2.85. The fourth-order valence-corrected chi connectivity index (χ4v) is 8.86. The highest BCUT2D eigenvalue weighted by Gasteiger charge is 2.77. The van der Waals surface area contributed by atoms with Crippen LogP contribution < -0.4 is 0 Å². The summed E-state index contributed by atoms with van der Waals surface area (Å²) in [6.45, 7) is 6.20. The van der Waals surface area contributed by atoms with Gasteiger partial charge in [0, 0.05) is 11.8 Å². The number of rotatable bonds is 1. The van der Waals surface area contributed by atoms with Crippen LogP contribution in [0, 0.1) is 40.4 Å². The molecule has 2 bridgehead atoms. The molecule has 5 aliphatic rings. The average molecular weight is 391 g/mol. The van der Waals surface area contributed by atoms with Crippen molar-refractivity contribution in [3.05, 3.63) is 0 Å². The number of ether oxygens (including phenoxy) is 1. The summed E-state index contributed by atoms with van der Waals surface area (Å²) in [5.74, 6) is -0.0231. The van der Waals surface area contributed by atoms with Gasteiger partial charge in [-0.2, -0.15) is 0 Å². The number of aliphatic hydroxyl groups is 2. The molecule has 5 nitrogen and oxygen atoms in total. The highest BCUT2D eigenvalue weighted by Crippen LogP contribution is 2.71. The Morgan fingerprint density at radius 3 is 2.54 bits per heavy atom. The largest absolute Gasteiger partial charge is 0.393 e. The van der Waals surface area contributed by atoms with Gasteiger partial charge in [-0.15, -0.1) is 0 Å². The molecule has 0 amide bonds. The molecule has 1 saturated heterocycles. The maximum atomic E-state index is 13.7. The molecule has 5 rings (SSSR count). The molecule has 11 atom stereocenters. The Morgan fingerprint density at radius 1 is 1.07 bits per heavy atom. The fraction of sp³-hybridized carbons (Fsp3) is 0.913. The summed E-state index contributed by atoms with van der Waals surface area (Å²) in [4.78, 5) is 25.6. The van der Waals surface area contributed by atoms with Crippen LogP contribution in [0.2, 0.25) is 0 Å². The fourth-order valence-electron chi connectivity index (χ4n) is 8.86. The van der Waals surface area contributed by atoms with Crippen molar-refractivity contribution in [3.8, 4) is 0 Å². The number of aldehydes is 1. The first kappa shape index (κ1) is 19.2. The number of fused-ring (bicyclic) bond motifs is 3. The lowest BCUT2D eigenvalue weighted by molar-refractivity contribution is -0.282. The number of aliphatic hydroxyl groups excluding tert-OH is 2. The third-order valence-electron chi connectivity index (χ3n) is 10.3. The van der Waals surface area contributed by atoms with Gasteiger partial charge >= 0.3 is 0 Å². The smallest absolute Gasteiger partial charge is 0.170 e. The van der Waals surface area contributed by atoms with Crippen molar-refractivity contribution in [1.82, 2.24) is 0 Å². The second-order valence-corrected chi connectivity index (χ2v) is 10.9. The van der Waals surface area contributed by atoms with E-state index in [0.717, 1.165) is 51.2 Å². The highest BCUT2D eigenvalue weighted by atomic mass is 16.5. The molecular formula is C23H34O5. The first-order valence-corrected chi connectivity index (χ1v) is 11.2. The van der Waals surface area contributed by atoms with Gasteiger partial charge in [-0.3, -0.25) is 4.79 Å². The normalized spacial score (nSPS) is 60.5. The number of Topliss-reactive ketones (excluding diaryl/α,β-unsaturated/α-hetero) is 1. The van der Waals surface area contributed by atoms with Gasteiger partial charge in [0.2, 0.25) is 0 Å². The van der Waals surface area contributed by atoms with E-state index < -0.39 is 17.1 Å². The quantitative estimate of drug-likeness (QED) is 0.672. The molecule has 5 fully saturated rings. The minimum Gasteiger partial charge on any atom is -0.393 e. The van der Waals surface area contributed by atoms with Crippen LogP contribution >= 0.6 is 0 Å². The van der Waals surface area contributed by atoms with Gasteiger partial charge in [0.25, 0.3) is 0 Å². The SMILES string of the molecule is C[C@H]1O[C@]23CC[C@H]([C@@H]1C=O)[C@@]2(C)C(=O)[C@@H](O)[C@H]1[C@H]3CC[C@@H]2C[C@@H](O)CC[C@@]21C. The summed E-state index contributed by atoms with van der Waals surface area (Å²) in [6, 6.07) is 0. The Balaban J connectivity index is 1.62. The van der Waals surface area contributed by atoms with Crippen molar-refractivity contribution < 1.29 is 24.5 Å². The van der Waals surface area contributed by atoms with Crippen LogP contribution in [0.25, 0.3) is 0 Å². The van der Waals surface area contributed by atoms with Gasteiger partial charge in [0.1, 0.15) is 12.4 Å². The zero-order chi connectivity index (χ0) is 20.1. The van der Waals surface area contributed by atoms with Crippen molar-refractivity contribution >= 4 is 12.1 Å². The molecule has 2 N–H and O–H groups in total. The summed E-state index contributed by atoms with van der Waals surface area (Å²) >= 11 is 0. The van der Waals surface area contributed by atoms with E-state index in [0.29, 0.717) is 5.92 Å². The molecule has 5 heteroatoms. The minimum atomic E-state index is -0.990. The first-order valence-electron chi connectivity index (χ1n) is 11.2. The van der Waals surface area contributed by atoms with E-state index >= 15 is 0 Å². The van der Waals surface area contributed by atoms with Crippen LogP contribution in [-0.2, 0) is 14.3 Å². The van der Waals surface area contributed by atoms with Gasteiger partial charge in [-0.05, 0) is 82.0 Å². The number of carbonyl (C=O) groups is 2. The van der Waals surface area contributed by atoms with E-state index in [1.807, 2.05) is 13.8 Å². The summed E-state index contributed by atoms with van der Waals surface area (Å²) < 4.78 is 6.70. The summed E-state index contributed by atoms with van der Waals surface area (Å²) in [7, 11) is 0. The van der Waals surface area contributed by atoms with Crippen LogP contribution in [-0.4, -0.2) is 46.2 Å². The van der Waals surface area contributed by atoms with Gasteiger partial charge < -0.3 is 19.7 Å². The van der Waals surface area contributed by atoms with Gasteiger partial charge in [0.15, 0.2) is 5.78 Å². The minimum absolute atomic E-state index is 0.0319. The molecule has 156 valence electrons. The molecule has 28 heavy (non-hydrogen) atoms. The van der Waals surface area contributed by atoms with Crippen molar-refractivity contribution in [2.24, 2.45) is 40.4 Å². The monoisotopic (exact) mass is 390 g/mol. The van der Waals surface area contributed by atoms with E-state index in [2.05, 4.69) is 6.92 Å². The predicted octanol–water partition coefficient (Wildman–Crippen LogP) is 2.51. The van der Waals surface area contributed by atoms with Crippen LogP contribution in [0.1, 0.15) is 65.7 Å². The molecule has 0 aromatic rings. The standard InChI is InChI=1S/C23H34O5/c1-12-15(11-24)16-7-9-23(28-12)17-5-4-13-10-14(25)6-8-21(13,2)18(17)19(26)20(27)22(16,23)3/h11-19,25-26H,4-10H2,1-3H3/t12-,13-,14+,15-,16-,17-,18-,19+,21+,22+,23+/m1/s1. The molecular weight excluding hydrogens is 356 g/mol. The van der Waals surface area contributed by atoms with Crippen molar-refractivity contribution in [1.29, 1.82) is 0 Å². The Hall–Kier alpha value is -0.780. The Morgan fingerprint density at radius 2 is 1.82 bits per heavy atom. The van der Waals surface area contributed by atoms with E-state index in [1.165, 1.54) is 0 Å². The van der Waals surface area contributed by atoms with Crippen molar-refractivity contribution in [2.45, 2.75) is 89.6 Å². The Bertz CT molecular complexity index is 707. The predicted molar refractivity (Wildman–Crippen MR) is 102 cm³/mol. The summed E-state index contributed by atoms with van der Waals surface area (Å²) in [6.07, 6.45) is 5.51. The summed E-state index contributed by atoms with van der Waals surface area (Å²) in [5, 5.41) is 21.6. The Labute approximate surface area is 167 Å². The third-order valence-corrected chi connectivity index (χ3v) is 10.3. The second-order valence-electron chi connectivity index (χ2n) is 10.9. The van der Waals surface area contributed by atoms with Gasteiger partial charge in [-0.1, -0.05) is 6.92 Å². The first-order chi connectivity index (χ1) is 13.2. The molecule has 0 unspecified atom stereocenters. The lowest BCUT2D eigenvalue weighted by atomic mass is 9.41. The van der Waals surface area contributed by atoms with E-state index in [4.69, 9.17) is 4.74 Å². The van der Waals surface area contributed by atoms with Gasteiger partial charge in [0.05, 0.1) is 23.2 Å². The lowest BCUT2D eigenvalue weighted by Gasteiger charge is -2.67. The highest BCUT2D eigenvalue weighted by molar-refractivity contribution is 5.92. The number of ketones is 1. The van der Waals surface area contributed by atoms with Crippen molar-refractivity contribution in [3.63, 3.8) is 0 Å². The molecule has 1 heterocycles. The molecule has 0 aromatic carbocycles. The van der Waals surface area contributed by atoms with Crippen LogP contribution in [0.4, 0.5) is 0 Å². The summed E-state index contributed by atoms with van der Waals surface area (Å²) in [5.41, 5.74) is -1.47.